The van der Waals surface area contributed by atoms with Crippen LogP contribution in [0.15, 0.2) is 60.7 Å². The molecule has 0 aliphatic heterocycles. The van der Waals surface area contributed by atoms with Gasteiger partial charge in [-0.05, 0) is 0 Å². The molecule has 0 amide bonds. The maximum absolute atomic E-state index is 12.5. The Morgan fingerprint density at radius 2 is 0.677 bits per heavy atom. The first-order chi connectivity index (χ1) is 15.0. The average molecular weight is 453 g/mol. The Balaban J connectivity index is -0.000000162. The highest BCUT2D eigenvalue weighted by Gasteiger charge is 2.35. The van der Waals surface area contributed by atoms with E-state index in [2.05, 4.69) is 0 Å². The summed E-state index contributed by atoms with van der Waals surface area (Å²) in [7, 11) is -3.60. The van der Waals surface area contributed by atoms with Gasteiger partial charge in [-0.2, -0.15) is 0 Å². The lowest BCUT2D eigenvalue weighted by atomic mass is 10.2. The zero-order chi connectivity index (χ0) is 25.9. The Kier molecular flexibility index (Phi) is 38.5. The van der Waals surface area contributed by atoms with Gasteiger partial charge in [0.1, 0.15) is 0 Å². The molecule has 0 radical (unpaired) electrons. The Bertz CT molecular complexity index is 595. The molecule has 0 saturated heterocycles. The van der Waals surface area contributed by atoms with E-state index in [9.17, 15) is 14.2 Å². The SMILES string of the molecule is CC.CC.CC.CC.CC.CC.CP(=O)(C(=O)c1ccccc1)C(=O)c1ccccc1. The van der Waals surface area contributed by atoms with Gasteiger partial charge >= 0.3 is 0 Å². The van der Waals surface area contributed by atoms with Crippen molar-refractivity contribution in [2.75, 3.05) is 6.66 Å². The Morgan fingerprint density at radius 1 is 0.484 bits per heavy atom. The van der Waals surface area contributed by atoms with Gasteiger partial charge in [0.25, 0.3) is 0 Å². The molecule has 180 valence electrons. The third kappa shape index (κ3) is 16.4. The van der Waals surface area contributed by atoms with Gasteiger partial charge in [0, 0.05) is 17.8 Å². The standard InChI is InChI=1S/C15H13O3P.6C2H6/c1-19(18,14(16)12-8-4-2-5-9-12)15(17)13-10-6-3-7-11-13;6*1-2/h2-11H,1H3;6*1-2H3. The van der Waals surface area contributed by atoms with Crippen molar-refractivity contribution in [2.45, 2.75) is 83.1 Å². The smallest absolute Gasteiger partial charge is 0.228 e. The van der Waals surface area contributed by atoms with Crippen LogP contribution in [0.25, 0.3) is 0 Å². The highest BCUT2D eigenvalue weighted by atomic mass is 31.2. The largest absolute Gasteiger partial charge is 0.307 e. The fraction of sp³-hybridized carbons (Fsp3) is 0.481. The van der Waals surface area contributed by atoms with Crippen LogP contribution in [0, 0.1) is 0 Å². The van der Waals surface area contributed by atoms with Crippen molar-refractivity contribution in [3.63, 3.8) is 0 Å². The van der Waals surface area contributed by atoms with Crippen LogP contribution in [0.4, 0.5) is 0 Å². The van der Waals surface area contributed by atoms with Crippen molar-refractivity contribution in [1.82, 2.24) is 0 Å². The van der Waals surface area contributed by atoms with E-state index in [1.165, 1.54) is 6.66 Å². The van der Waals surface area contributed by atoms with Gasteiger partial charge in [0.15, 0.2) is 0 Å². The van der Waals surface area contributed by atoms with Crippen molar-refractivity contribution >= 4 is 18.2 Å². The number of hydrogen-bond acceptors (Lipinski definition) is 3. The number of rotatable bonds is 4. The van der Waals surface area contributed by atoms with E-state index in [4.69, 9.17) is 0 Å². The third-order valence-electron chi connectivity index (χ3n) is 2.82. The molecular weight excluding hydrogens is 403 g/mol. The molecule has 0 atom stereocenters. The number of benzene rings is 2. The molecule has 0 saturated carbocycles. The second-order valence-corrected chi connectivity index (χ2v) is 6.93. The van der Waals surface area contributed by atoms with E-state index in [1.807, 2.05) is 83.1 Å². The molecule has 0 N–H and O–H groups in total. The predicted octanol–water partition coefficient (Wildman–Crippen LogP) is 9.82. The molecule has 0 aromatic heterocycles. The minimum atomic E-state index is -3.60. The van der Waals surface area contributed by atoms with Crippen molar-refractivity contribution in [3.8, 4) is 0 Å². The fourth-order valence-corrected chi connectivity index (χ4v) is 3.21. The second-order valence-electron chi connectivity index (χ2n) is 4.27. The van der Waals surface area contributed by atoms with E-state index in [-0.39, 0.29) is 0 Å². The molecule has 3 nitrogen and oxygen atoms in total. The van der Waals surface area contributed by atoms with Crippen molar-refractivity contribution in [3.05, 3.63) is 71.8 Å². The quantitative estimate of drug-likeness (QED) is 0.434. The summed E-state index contributed by atoms with van der Waals surface area (Å²) >= 11 is 0. The van der Waals surface area contributed by atoms with Gasteiger partial charge in [0.05, 0.1) is 0 Å². The Labute approximate surface area is 194 Å². The van der Waals surface area contributed by atoms with Crippen LogP contribution >= 0.6 is 7.14 Å². The number of carbonyl (C=O) groups excluding carboxylic acids is 2. The third-order valence-corrected chi connectivity index (χ3v) is 4.88. The van der Waals surface area contributed by atoms with E-state index in [0.29, 0.717) is 11.1 Å². The van der Waals surface area contributed by atoms with Crippen LogP contribution in [0.5, 0.6) is 0 Å². The van der Waals surface area contributed by atoms with Crippen LogP contribution in [0.3, 0.4) is 0 Å². The van der Waals surface area contributed by atoms with E-state index < -0.39 is 18.2 Å². The summed E-state index contributed by atoms with van der Waals surface area (Å²) in [6.07, 6.45) is 0. The summed E-state index contributed by atoms with van der Waals surface area (Å²) < 4.78 is 12.5. The van der Waals surface area contributed by atoms with Gasteiger partial charge in [0.2, 0.25) is 18.2 Å². The van der Waals surface area contributed by atoms with Gasteiger partial charge < -0.3 is 4.57 Å². The monoisotopic (exact) mass is 452 g/mol. The lowest BCUT2D eigenvalue weighted by Gasteiger charge is -2.10. The second kappa shape index (κ2) is 30.2. The molecule has 0 spiro atoms. The first kappa shape index (κ1) is 39.5. The van der Waals surface area contributed by atoms with Gasteiger partial charge in [-0.3, -0.25) is 9.59 Å². The fourth-order valence-electron chi connectivity index (χ4n) is 1.75. The molecule has 4 heteroatoms. The minimum absolute atomic E-state index is 0.303. The van der Waals surface area contributed by atoms with E-state index in [0.717, 1.165) is 0 Å². The normalized spacial score (nSPS) is 7.90. The molecule has 2 rings (SSSR count). The van der Waals surface area contributed by atoms with Crippen LogP contribution < -0.4 is 0 Å². The molecule has 0 aliphatic rings. The summed E-state index contributed by atoms with van der Waals surface area (Å²) in [5.74, 6) is 0. The molecule has 0 aliphatic carbocycles. The number of carbonyl (C=O) groups is 2. The Hall–Kier alpha value is -1.99. The summed E-state index contributed by atoms with van der Waals surface area (Å²) in [5, 5.41) is 0. The molecule has 31 heavy (non-hydrogen) atoms. The molecule has 0 fully saturated rings. The van der Waals surface area contributed by atoms with E-state index >= 15 is 0 Å². The summed E-state index contributed by atoms with van der Waals surface area (Å²) in [6, 6.07) is 16.5. The van der Waals surface area contributed by atoms with Gasteiger partial charge in [-0.15, -0.1) is 0 Å². The maximum atomic E-state index is 12.5. The van der Waals surface area contributed by atoms with Crippen LogP contribution in [0.1, 0.15) is 104 Å². The first-order valence-corrected chi connectivity index (χ1v) is 14.0. The van der Waals surface area contributed by atoms with Crippen molar-refractivity contribution < 1.29 is 14.2 Å². The number of hydrogen-bond donors (Lipinski definition) is 0. The van der Waals surface area contributed by atoms with Crippen molar-refractivity contribution in [1.29, 1.82) is 0 Å². The zero-order valence-corrected chi connectivity index (χ0v) is 23.3. The topological polar surface area (TPSA) is 51.2 Å². The van der Waals surface area contributed by atoms with Crippen LogP contribution in [0.2, 0.25) is 0 Å². The maximum Gasteiger partial charge on any atom is 0.228 e. The molecule has 0 heterocycles. The van der Waals surface area contributed by atoms with E-state index in [1.54, 1.807) is 60.7 Å². The highest BCUT2D eigenvalue weighted by molar-refractivity contribution is 7.94. The van der Waals surface area contributed by atoms with Gasteiger partial charge in [-0.1, -0.05) is 144 Å². The first-order valence-electron chi connectivity index (χ1n) is 11.8. The van der Waals surface area contributed by atoms with Gasteiger partial charge in [-0.25, -0.2) is 0 Å². The van der Waals surface area contributed by atoms with Crippen LogP contribution in [-0.4, -0.2) is 17.7 Å². The summed E-state index contributed by atoms with van der Waals surface area (Å²) in [4.78, 5) is 24.4. The zero-order valence-electron chi connectivity index (χ0n) is 22.4. The highest BCUT2D eigenvalue weighted by Crippen LogP contribution is 2.47. The predicted molar refractivity (Wildman–Crippen MR) is 143 cm³/mol. The van der Waals surface area contributed by atoms with Crippen LogP contribution in [-0.2, 0) is 4.57 Å². The summed E-state index contributed by atoms with van der Waals surface area (Å²) in [5.41, 5.74) is -0.584. The lowest BCUT2D eigenvalue weighted by molar-refractivity contribution is 0.103. The summed E-state index contributed by atoms with van der Waals surface area (Å²) in [6.45, 7) is 25.2. The molecule has 2 aromatic rings. The van der Waals surface area contributed by atoms with Crippen molar-refractivity contribution in [2.24, 2.45) is 0 Å². The molecular formula is C27H49O3P. The lowest BCUT2D eigenvalue weighted by Crippen LogP contribution is -2.09. The minimum Gasteiger partial charge on any atom is -0.307 e. The molecule has 2 aromatic carbocycles. The Morgan fingerprint density at radius 3 is 0.871 bits per heavy atom. The average Bonchev–Trinajstić information content (AvgIpc) is 2.91. The molecule has 0 unspecified atom stereocenters. The molecule has 0 bridgehead atoms.